The van der Waals surface area contributed by atoms with Gasteiger partial charge in [0.2, 0.25) is 11.8 Å². The van der Waals surface area contributed by atoms with E-state index in [2.05, 4.69) is 15.6 Å². The highest BCUT2D eigenvalue weighted by Gasteiger charge is 2.26. The van der Waals surface area contributed by atoms with Gasteiger partial charge in [-0.05, 0) is 18.6 Å². The molecule has 0 radical (unpaired) electrons. The summed E-state index contributed by atoms with van der Waals surface area (Å²) in [6, 6.07) is 2.37. The number of imide groups is 1. The van der Waals surface area contributed by atoms with Gasteiger partial charge >= 0.3 is 5.97 Å². The second kappa shape index (κ2) is 4.82. The van der Waals surface area contributed by atoms with Gasteiger partial charge < -0.3 is 10.4 Å². The van der Waals surface area contributed by atoms with Crippen molar-refractivity contribution in [3.8, 4) is 0 Å². The Labute approximate surface area is 102 Å². The number of carboxylic acid groups (broad SMARTS) is 1. The summed E-state index contributed by atoms with van der Waals surface area (Å²) in [5.74, 6) is -1.83. The number of carbonyl (C=O) groups is 3. The van der Waals surface area contributed by atoms with Gasteiger partial charge in [-0.2, -0.15) is 0 Å². The zero-order valence-corrected chi connectivity index (χ0v) is 9.34. The molecule has 1 fully saturated rings. The van der Waals surface area contributed by atoms with E-state index in [0.717, 1.165) is 0 Å². The Hall–Kier alpha value is -2.44. The van der Waals surface area contributed by atoms with Crippen LogP contribution in [0.15, 0.2) is 18.3 Å². The maximum absolute atomic E-state index is 11.5. The summed E-state index contributed by atoms with van der Waals surface area (Å²) in [7, 11) is 0. The van der Waals surface area contributed by atoms with E-state index in [0.29, 0.717) is 12.1 Å². The number of piperidine rings is 1. The zero-order chi connectivity index (χ0) is 13.1. The van der Waals surface area contributed by atoms with Gasteiger partial charge in [-0.3, -0.25) is 14.9 Å². The molecule has 1 atom stereocenters. The first kappa shape index (κ1) is 12.0. The predicted molar refractivity (Wildman–Crippen MR) is 61.0 cm³/mol. The fourth-order valence-corrected chi connectivity index (χ4v) is 1.67. The first-order valence-electron chi connectivity index (χ1n) is 5.36. The lowest BCUT2D eigenvalue weighted by Gasteiger charge is -2.22. The Morgan fingerprint density at radius 2 is 2.28 bits per heavy atom. The van der Waals surface area contributed by atoms with Crippen LogP contribution in [-0.2, 0) is 9.59 Å². The fourth-order valence-electron chi connectivity index (χ4n) is 1.67. The van der Waals surface area contributed by atoms with E-state index in [9.17, 15) is 14.4 Å². The molecule has 2 rings (SSSR count). The molecule has 18 heavy (non-hydrogen) atoms. The Morgan fingerprint density at radius 1 is 1.50 bits per heavy atom. The molecule has 1 unspecified atom stereocenters. The minimum absolute atomic E-state index is 0.104. The summed E-state index contributed by atoms with van der Waals surface area (Å²) in [5.41, 5.74) is 0.379. The molecule has 1 aromatic heterocycles. The summed E-state index contributed by atoms with van der Waals surface area (Å²) in [6.07, 6.45) is 1.99. The number of amides is 2. The SMILES string of the molecule is O=C1CCC(Nc2ccnc(C(=O)O)c2)C(=O)N1. The van der Waals surface area contributed by atoms with Crippen molar-refractivity contribution < 1.29 is 19.5 Å². The van der Waals surface area contributed by atoms with E-state index >= 15 is 0 Å². The number of nitrogens with zero attached hydrogens (tertiary/aromatic N) is 1. The summed E-state index contributed by atoms with van der Waals surface area (Å²) in [6.45, 7) is 0. The predicted octanol–water partition coefficient (Wildman–Crippen LogP) is -0.00310. The lowest BCUT2D eigenvalue weighted by atomic mass is 10.1. The highest BCUT2D eigenvalue weighted by atomic mass is 16.4. The molecule has 7 heteroatoms. The molecule has 94 valence electrons. The smallest absolute Gasteiger partial charge is 0.354 e. The molecule has 0 spiro atoms. The molecule has 0 aliphatic carbocycles. The van der Waals surface area contributed by atoms with Crippen LogP contribution in [0.5, 0.6) is 0 Å². The summed E-state index contributed by atoms with van der Waals surface area (Å²) in [4.78, 5) is 36.9. The van der Waals surface area contributed by atoms with Crippen molar-refractivity contribution in [1.82, 2.24) is 10.3 Å². The number of rotatable bonds is 3. The molecule has 2 amide bonds. The summed E-state index contributed by atoms with van der Waals surface area (Å²) in [5, 5.41) is 13.9. The Balaban J connectivity index is 2.09. The van der Waals surface area contributed by atoms with Crippen LogP contribution in [-0.4, -0.2) is 33.9 Å². The third-order valence-electron chi connectivity index (χ3n) is 2.56. The van der Waals surface area contributed by atoms with Gasteiger partial charge in [-0.1, -0.05) is 0 Å². The first-order valence-corrected chi connectivity index (χ1v) is 5.36. The number of carboxylic acids is 1. The lowest BCUT2D eigenvalue weighted by molar-refractivity contribution is -0.133. The van der Waals surface area contributed by atoms with E-state index in [-0.39, 0.29) is 18.0 Å². The van der Waals surface area contributed by atoms with Crippen molar-refractivity contribution in [1.29, 1.82) is 0 Å². The topological polar surface area (TPSA) is 108 Å². The first-order chi connectivity index (χ1) is 8.56. The number of hydrogen-bond acceptors (Lipinski definition) is 5. The molecule has 2 heterocycles. The van der Waals surface area contributed by atoms with Crippen molar-refractivity contribution in [3.63, 3.8) is 0 Å². The van der Waals surface area contributed by atoms with E-state index < -0.39 is 17.9 Å². The normalized spacial score (nSPS) is 19.2. The minimum Gasteiger partial charge on any atom is -0.477 e. The Morgan fingerprint density at radius 3 is 2.94 bits per heavy atom. The van der Waals surface area contributed by atoms with Gasteiger partial charge in [-0.15, -0.1) is 0 Å². The van der Waals surface area contributed by atoms with Crippen molar-refractivity contribution in [3.05, 3.63) is 24.0 Å². The standard InChI is InChI=1S/C11H11N3O4/c15-9-2-1-7(10(16)14-9)13-6-3-4-12-8(5-6)11(17)18/h3-5,7H,1-2H2,(H,12,13)(H,17,18)(H,14,15,16). The van der Waals surface area contributed by atoms with Crippen LogP contribution in [0.3, 0.4) is 0 Å². The molecular formula is C11H11N3O4. The second-order valence-electron chi connectivity index (χ2n) is 3.88. The van der Waals surface area contributed by atoms with Crippen LogP contribution in [0.25, 0.3) is 0 Å². The van der Waals surface area contributed by atoms with Crippen molar-refractivity contribution in [2.75, 3.05) is 5.32 Å². The maximum atomic E-state index is 11.5. The largest absolute Gasteiger partial charge is 0.477 e. The summed E-state index contributed by atoms with van der Waals surface area (Å²) >= 11 is 0. The number of carbonyl (C=O) groups excluding carboxylic acids is 2. The van der Waals surface area contributed by atoms with Crippen molar-refractivity contribution in [2.45, 2.75) is 18.9 Å². The number of aromatic carboxylic acids is 1. The van der Waals surface area contributed by atoms with Crippen LogP contribution >= 0.6 is 0 Å². The van der Waals surface area contributed by atoms with Crippen LogP contribution in [0.1, 0.15) is 23.3 Å². The number of hydrogen-bond donors (Lipinski definition) is 3. The number of anilines is 1. The summed E-state index contributed by atoms with van der Waals surface area (Å²) < 4.78 is 0. The molecule has 1 aromatic rings. The molecule has 3 N–H and O–H groups in total. The Kier molecular flexibility index (Phi) is 3.22. The highest BCUT2D eigenvalue weighted by Crippen LogP contribution is 2.14. The molecule has 1 aliphatic heterocycles. The van der Waals surface area contributed by atoms with Crippen LogP contribution in [0, 0.1) is 0 Å². The second-order valence-corrected chi connectivity index (χ2v) is 3.88. The molecule has 7 nitrogen and oxygen atoms in total. The molecular weight excluding hydrogens is 238 g/mol. The third kappa shape index (κ3) is 2.62. The van der Waals surface area contributed by atoms with E-state index in [1.54, 1.807) is 6.07 Å². The van der Waals surface area contributed by atoms with Gasteiger partial charge in [0.05, 0.1) is 0 Å². The fraction of sp³-hybridized carbons (Fsp3) is 0.273. The lowest BCUT2D eigenvalue weighted by Crippen LogP contribution is -2.47. The molecule has 1 saturated heterocycles. The molecule has 1 aliphatic rings. The van der Waals surface area contributed by atoms with Crippen molar-refractivity contribution >= 4 is 23.5 Å². The van der Waals surface area contributed by atoms with Gasteiger partial charge in [0.1, 0.15) is 11.7 Å². The molecule has 0 bridgehead atoms. The quantitative estimate of drug-likeness (QED) is 0.650. The number of pyridine rings is 1. The molecule has 0 aromatic carbocycles. The van der Waals surface area contributed by atoms with E-state index in [1.807, 2.05) is 0 Å². The average Bonchev–Trinajstić information content (AvgIpc) is 2.33. The van der Waals surface area contributed by atoms with Crippen LogP contribution in [0.2, 0.25) is 0 Å². The Bertz CT molecular complexity index is 515. The minimum atomic E-state index is -1.14. The van der Waals surface area contributed by atoms with E-state index in [4.69, 9.17) is 5.11 Å². The van der Waals surface area contributed by atoms with Crippen LogP contribution < -0.4 is 10.6 Å². The van der Waals surface area contributed by atoms with Crippen LogP contribution in [0.4, 0.5) is 5.69 Å². The number of aromatic nitrogens is 1. The van der Waals surface area contributed by atoms with Crippen molar-refractivity contribution in [2.24, 2.45) is 0 Å². The van der Waals surface area contributed by atoms with Gasteiger partial charge in [0, 0.05) is 18.3 Å². The van der Waals surface area contributed by atoms with E-state index in [1.165, 1.54) is 12.3 Å². The monoisotopic (exact) mass is 249 g/mol. The van der Waals surface area contributed by atoms with Gasteiger partial charge in [0.15, 0.2) is 0 Å². The molecule has 0 saturated carbocycles. The number of nitrogens with one attached hydrogen (secondary N) is 2. The average molecular weight is 249 g/mol. The van der Waals surface area contributed by atoms with Gasteiger partial charge in [-0.25, -0.2) is 9.78 Å². The maximum Gasteiger partial charge on any atom is 0.354 e. The highest BCUT2D eigenvalue weighted by molar-refractivity contribution is 6.01. The van der Waals surface area contributed by atoms with Gasteiger partial charge in [0.25, 0.3) is 0 Å². The third-order valence-corrected chi connectivity index (χ3v) is 2.56. The zero-order valence-electron chi connectivity index (χ0n) is 9.34.